The minimum atomic E-state index is -3.51. The lowest BCUT2D eigenvalue weighted by molar-refractivity contribution is -0.149. The zero-order valence-electron chi connectivity index (χ0n) is 12.7. The maximum Gasteiger partial charge on any atom is 0.309 e. The molecule has 0 saturated carbocycles. The van der Waals surface area contributed by atoms with Crippen LogP contribution >= 0.6 is 0 Å². The third-order valence-electron chi connectivity index (χ3n) is 3.72. The SMILES string of the molecule is CCOC(=O)C1CCN(S(=O)(=O)NCc2ccccc2)CC1. The van der Waals surface area contributed by atoms with Crippen LogP contribution < -0.4 is 4.72 Å². The fraction of sp³-hybridized carbons (Fsp3) is 0.533. The maximum atomic E-state index is 12.3. The minimum absolute atomic E-state index is 0.194. The molecule has 0 spiro atoms. The Labute approximate surface area is 131 Å². The first-order chi connectivity index (χ1) is 10.5. The van der Waals surface area contributed by atoms with Gasteiger partial charge in [0.15, 0.2) is 0 Å². The van der Waals surface area contributed by atoms with Crippen molar-refractivity contribution in [2.75, 3.05) is 19.7 Å². The van der Waals surface area contributed by atoms with Crippen LogP contribution in [-0.4, -0.2) is 38.4 Å². The van der Waals surface area contributed by atoms with Crippen LogP contribution in [0.3, 0.4) is 0 Å². The molecule has 1 fully saturated rings. The summed E-state index contributed by atoms with van der Waals surface area (Å²) < 4.78 is 33.5. The van der Waals surface area contributed by atoms with Crippen molar-refractivity contribution in [3.8, 4) is 0 Å². The molecule has 0 amide bonds. The first kappa shape index (κ1) is 16.9. The molecule has 1 aromatic carbocycles. The van der Waals surface area contributed by atoms with Gasteiger partial charge in [0.25, 0.3) is 10.2 Å². The summed E-state index contributed by atoms with van der Waals surface area (Å²) in [6, 6.07) is 9.37. The Kier molecular flexibility index (Phi) is 5.93. The molecule has 1 saturated heterocycles. The summed E-state index contributed by atoms with van der Waals surface area (Å²) in [6.45, 7) is 3.07. The van der Waals surface area contributed by atoms with E-state index < -0.39 is 10.2 Å². The number of hydrogen-bond acceptors (Lipinski definition) is 4. The highest BCUT2D eigenvalue weighted by Crippen LogP contribution is 2.20. The third-order valence-corrected chi connectivity index (χ3v) is 5.27. The average Bonchev–Trinajstić information content (AvgIpc) is 2.54. The lowest BCUT2D eigenvalue weighted by Crippen LogP contribution is -2.45. The van der Waals surface area contributed by atoms with E-state index in [2.05, 4.69) is 4.72 Å². The van der Waals surface area contributed by atoms with Gasteiger partial charge in [0.2, 0.25) is 0 Å². The van der Waals surface area contributed by atoms with E-state index in [0.29, 0.717) is 32.5 Å². The molecule has 0 aromatic heterocycles. The first-order valence-electron chi connectivity index (χ1n) is 7.48. The van der Waals surface area contributed by atoms with Crippen molar-refractivity contribution in [2.45, 2.75) is 26.3 Å². The Morgan fingerprint density at radius 3 is 2.50 bits per heavy atom. The number of esters is 1. The molecule has 0 atom stereocenters. The molecule has 1 aliphatic heterocycles. The maximum absolute atomic E-state index is 12.3. The van der Waals surface area contributed by atoms with E-state index in [0.717, 1.165) is 5.56 Å². The second kappa shape index (κ2) is 7.71. The molecule has 22 heavy (non-hydrogen) atoms. The molecule has 2 rings (SSSR count). The zero-order valence-corrected chi connectivity index (χ0v) is 13.5. The number of nitrogens with one attached hydrogen (secondary N) is 1. The largest absolute Gasteiger partial charge is 0.466 e. The van der Waals surface area contributed by atoms with E-state index in [1.54, 1.807) is 6.92 Å². The van der Waals surface area contributed by atoms with Crippen LogP contribution in [0.15, 0.2) is 30.3 Å². The van der Waals surface area contributed by atoms with Crippen molar-refractivity contribution in [3.05, 3.63) is 35.9 Å². The normalized spacial score (nSPS) is 17.3. The topological polar surface area (TPSA) is 75.7 Å². The Hall–Kier alpha value is -1.44. The number of hydrogen-bond donors (Lipinski definition) is 1. The third kappa shape index (κ3) is 4.53. The van der Waals surface area contributed by atoms with Gasteiger partial charge in [-0.25, -0.2) is 0 Å². The number of carbonyl (C=O) groups excluding carboxylic acids is 1. The van der Waals surface area contributed by atoms with Crippen molar-refractivity contribution in [3.63, 3.8) is 0 Å². The molecule has 122 valence electrons. The molecule has 1 heterocycles. The van der Waals surface area contributed by atoms with Crippen molar-refractivity contribution in [1.29, 1.82) is 0 Å². The summed E-state index contributed by atoms with van der Waals surface area (Å²) in [5.74, 6) is -0.419. The highest BCUT2D eigenvalue weighted by molar-refractivity contribution is 7.87. The van der Waals surface area contributed by atoms with Gasteiger partial charge in [-0.15, -0.1) is 0 Å². The van der Waals surface area contributed by atoms with Crippen LogP contribution in [0.2, 0.25) is 0 Å². The fourth-order valence-electron chi connectivity index (χ4n) is 2.45. The van der Waals surface area contributed by atoms with Crippen LogP contribution in [-0.2, 0) is 26.3 Å². The number of benzene rings is 1. The quantitative estimate of drug-likeness (QED) is 0.800. The molecule has 0 aliphatic carbocycles. The van der Waals surface area contributed by atoms with Gasteiger partial charge >= 0.3 is 5.97 Å². The number of rotatable bonds is 6. The van der Waals surface area contributed by atoms with Gasteiger partial charge in [0, 0.05) is 19.6 Å². The highest BCUT2D eigenvalue weighted by Gasteiger charge is 2.31. The van der Waals surface area contributed by atoms with Crippen LogP contribution in [0.1, 0.15) is 25.3 Å². The van der Waals surface area contributed by atoms with Crippen LogP contribution in [0.4, 0.5) is 0 Å². The molecule has 1 aromatic rings. The fourth-order valence-corrected chi connectivity index (χ4v) is 3.68. The van der Waals surface area contributed by atoms with Crippen LogP contribution in [0.5, 0.6) is 0 Å². The van der Waals surface area contributed by atoms with E-state index >= 15 is 0 Å². The molecule has 6 nitrogen and oxygen atoms in total. The second-order valence-electron chi connectivity index (χ2n) is 5.24. The average molecular weight is 326 g/mol. The number of carbonyl (C=O) groups is 1. The summed E-state index contributed by atoms with van der Waals surface area (Å²) in [5, 5.41) is 0. The Balaban J connectivity index is 1.85. The van der Waals surface area contributed by atoms with Crippen molar-refractivity contribution in [1.82, 2.24) is 9.03 Å². The molecular formula is C15H22N2O4S. The molecule has 1 N–H and O–H groups in total. The molecule has 0 radical (unpaired) electrons. The van der Waals surface area contributed by atoms with Gasteiger partial charge in [-0.05, 0) is 25.3 Å². The number of piperidine rings is 1. The molecule has 1 aliphatic rings. The first-order valence-corrected chi connectivity index (χ1v) is 8.92. The van der Waals surface area contributed by atoms with Gasteiger partial charge in [0.1, 0.15) is 0 Å². The van der Waals surface area contributed by atoms with Crippen molar-refractivity contribution in [2.24, 2.45) is 5.92 Å². The van der Waals surface area contributed by atoms with Crippen molar-refractivity contribution >= 4 is 16.2 Å². The summed E-state index contributed by atoms with van der Waals surface area (Å²) in [7, 11) is -3.51. The van der Waals surface area contributed by atoms with Crippen molar-refractivity contribution < 1.29 is 17.9 Å². The highest BCUT2D eigenvalue weighted by atomic mass is 32.2. The molecule has 0 bridgehead atoms. The van der Waals surface area contributed by atoms with E-state index in [9.17, 15) is 13.2 Å². The van der Waals surface area contributed by atoms with Gasteiger partial charge in [-0.3, -0.25) is 4.79 Å². The minimum Gasteiger partial charge on any atom is -0.466 e. The van der Waals surface area contributed by atoms with Gasteiger partial charge in [-0.2, -0.15) is 17.4 Å². The van der Waals surface area contributed by atoms with Crippen LogP contribution in [0, 0.1) is 5.92 Å². The number of ether oxygens (including phenoxy) is 1. The summed E-state index contributed by atoms with van der Waals surface area (Å²) in [5.41, 5.74) is 0.910. The van der Waals surface area contributed by atoms with Gasteiger partial charge in [-0.1, -0.05) is 30.3 Å². The Bertz CT molecular complexity index is 581. The van der Waals surface area contributed by atoms with E-state index in [-0.39, 0.29) is 18.4 Å². The molecule has 0 unspecified atom stereocenters. The Morgan fingerprint density at radius 2 is 1.91 bits per heavy atom. The molecule has 7 heteroatoms. The zero-order chi connectivity index (χ0) is 16.0. The smallest absolute Gasteiger partial charge is 0.309 e. The predicted molar refractivity (Wildman–Crippen MR) is 83.1 cm³/mol. The summed E-state index contributed by atoms with van der Waals surface area (Å²) >= 11 is 0. The Morgan fingerprint density at radius 1 is 1.27 bits per heavy atom. The van der Waals surface area contributed by atoms with Gasteiger partial charge in [0.05, 0.1) is 12.5 Å². The standard InChI is InChI=1S/C15H22N2O4S/c1-2-21-15(18)14-8-10-17(11-9-14)22(19,20)16-12-13-6-4-3-5-7-13/h3-7,14,16H,2,8-12H2,1H3. The lowest BCUT2D eigenvalue weighted by atomic mass is 9.98. The van der Waals surface area contributed by atoms with Gasteiger partial charge < -0.3 is 4.74 Å². The number of nitrogens with zero attached hydrogens (tertiary/aromatic N) is 1. The molecular weight excluding hydrogens is 304 g/mol. The van der Waals surface area contributed by atoms with E-state index in [1.165, 1.54) is 4.31 Å². The summed E-state index contributed by atoms with van der Waals surface area (Å²) in [4.78, 5) is 11.7. The lowest BCUT2D eigenvalue weighted by Gasteiger charge is -2.30. The summed E-state index contributed by atoms with van der Waals surface area (Å²) in [6.07, 6.45) is 1.01. The predicted octanol–water partition coefficient (Wildman–Crippen LogP) is 1.30. The monoisotopic (exact) mass is 326 g/mol. The van der Waals surface area contributed by atoms with E-state index in [4.69, 9.17) is 4.74 Å². The van der Waals surface area contributed by atoms with Crippen LogP contribution in [0.25, 0.3) is 0 Å². The van der Waals surface area contributed by atoms with E-state index in [1.807, 2.05) is 30.3 Å². The second-order valence-corrected chi connectivity index (χ2v) is 6.99.